The van der Waals surface area contributed by atoms with E-state index in [0.29, 0.717) is 0 Å². The van der Waals surface area contributed by atoms with Crippen molar-refractivity contribution in [3.05, 3.63) is 52.5 Å². The minimum Gasteiger partial charge on any atom is -0.339 e. The van der Waals surface area contributed by atoms with Crippen molar-refractivity contribution >= 4 is 17.2 Å². The van der Waals surface area contributed by atoms with E-state index in [4.69, 9.17) is 0 Å². The summed E-state index contributed by atoms with van der Waals surface area (Å²) in [4.78, 5) is 21.7. The van der Waals surface area contributed by atoms with E-state index in [9.17, 15) is 4.79 Å². The van der Waals surface area contributed by atoms with Gasteiger partial charge >= 0.3 is 0 Å². The van der Waals surface area contributed by atoms with E-state index in [1.54, 1.807) is 11.3 Å². The standard InChI is InChI=1S/C18H23N3OS/c1-18(2,15-6-4-3-5-7-15)17(22)21-10-8-20(9-11-21)12-16-13-23-14-19-16/h3-7,13-14H,8-12H2,1-2H3. The van der Waals surface area contributed by atoms with Gasteiger partial charge in [0.1, 0.15) is 0 Å². The minimum atomic E-state index is -0.474. The van der Waals surface area contributed by atoms with Crippen LogP contribution >= 0.6 is 11.3 Å². The molecule has 4 nitrogen and oxygen atoms in total. The zero-order valence-corrected chi connectivity index (χ0v) is 14.6. The van der Waals surface area contributed by atoms with Gasteiger partial charge in [-0.25, -0.2) is 4.98 Å². The average molecular weight is 329 g/mol. The molecular weight excluding hydrogens is 306 g/mol. The molecule has 0 saturated carbocycles. The molecule has 0 N–H and O–H groups in total. The molecule has 0 spiro atoms. The Labute approximate surface area is 141 Å². The number of aromatic nitrogens is 1. The highest BCUT2D eigenvalue weighted by atomic mass is 32.1. The number of hydrogen-bond acceptors (Lipinski definition) is 4. The zero-order valence-electron chi connectivity index (χ0n) is 13.7. The largest absolute Gasteiger partial charge is 0.339 e. The molecule has 23 heavy (non-hydrogen) atoms. The molecule has 1 aromatic heterocycles. The molecule has 0 bridgehead atoms. The second-order valence-corrected chi connectivity index (χ2v) is 7.26. The number of carbonyl (C=O) groups is 1. The Kier molecular flexibility index (Phi) is 4.78. The second kappa shape index (κ2) is 6.81. The molecule has 0 aliphatic carbocycles. The molecule has 0 radical (unpaired) electrons. The van der Waals surface area contributed by atoms with Crippen LogP contribution in [0.3, 0.4) is 0 Å². The summed E-state index contributed by atoms with van der Waals surface area (Å²) in [5.41, 5.74) is 3.60. The third kappa shape index (κ3) is 3.62. The van der Waals surface area contributed by atoms with E-state index in [1.807, 2.05) is 54.6 Å². The number of nitrogens with zero attached hydrogens (tertiary/aromatic N) is 3. The number of carbonyl (C=O) groups excluding carboxylic acids is 1. The van der Waals surface area contributed by atoms with E-state index < -0.39 is 5.41 Å². The second-order valence-electron chi connectivity index (χ2n) is 6.54. The molecule has 2 heterocycles. The molecule has 1 fully saturated rings. The summed E-state index contributed by atoms with van der Waals surface area (Å²) in [6.45, 7) is 8.33. The Morgan fingerprint density at radius 2 is 1.87 bits per heavy atom. The predicted molar refractivity (Wildman–Crippen MR) is 93.4 cm³/mol. The third-order valence-corrected chi connectivity index (χ3v) is 5.19. The van der Waals surface area contributed by atoms with Crippen molar-refractivity contribution in [2.45, 2.75) is 25.8 Å². The molecule has 0 atom stereocenters. The van der Waals surface area contributed by atoms with Gasteiger partial charge in [-0.1, -0.05) is 30.3 Å². The number of hydrogen-bond donors (Lipinski definition) is 0. The predicted octanol–water partition coefficient (Wildman–Crippen LogP) is 2.77. The quantitative estimate of drug-likeness (QED) is 0.865. The van der Waals surface area contributed by atoms with Crippen LogP contribution in [0.15, 0.2) is 41.2 Å². The van der Waals surface area contributed by atoms with Crippen molar-refractivity contribution in [2.75, 3.05) is 26.2 Å². The molecule has 1 saturated heterocycles. The van der Waals surface area contributed by atoms with E-state index >= 15 is 0 Å². The highest BCUT2D eigenvalue weighted by Gasteiger charge is 2.34. The molecular formula is C18H23N3OS. The van der Waals surface area contributed by atoms with Gasteiger partial charge in [-0.2, -0.15) is 0 Å². The summed E-state index contributed by atoms with van der Waals surface area (Å²) in [6, 6.07) is 10.1. The third-order valence-electron chi connectivity index (χ3n) is 4.56. The summed E-state index contributed by atoms with van der Waals surface area (Å²) in [5.74, 6) is 0.219. The van der Waals surface area contributed by atoms with Crippen LogP contribution in [0.4, 0.5) is 0 Å². The Bertz CT molecular complexity index is 632. The fourth-order valence-electron chi connectivity index (χ4n) is 3.03. The van der Waals surface area contributed by atoms with Crippen LogP contribution in [0.25, 0.3) is 0 Å². The molecule has 1 aromatic carbocycles. The highest BCUT2D eigenvalue weighted by molar-refractivity contribution is 7.07. The molecule has 1 aliphatic rings. The summed E-state index contributed by atoms with van der Waals surface area (Å²) < 4.78 is 0. The van der Waals surface area contributed by atoms with Crippen molar-refractivity contribution in [3.8, 4) is 0 Å². The fourth-order valence-corrected chi connectivity index (χ4v) is 3.58. The van der Waals surface area contributed by atoms with Gasteiger partial charge in [-0.15, -0.1) is 11.3 Å². The first kappa shape index (κ1) is 16.1. The molecule has 1 amide bonds. The smallest absolute Gasteiger partial charge is 0.232 e. The number of rotatable bonds is 4. The zero-order chi connectivity index (χ0) is 16.3. The lowest BCUT2D eigenvalue weighted by Crippen LogP contribution is -2.52. The van der Waals surface area contributed by atoms with E-state index in [0.717, 1.165) is 44.0 Å². The molecule has 0 unspecified atom stereocenters. The van der Waals surface area contributed by atoms with Gasteiger partial charge in [0, 0.05) is 38.1 Å². The SMILES string of the molecule is CC(C)(C(=O)N1CCN(Cc2cscn2)CC1)c1ccccc1. The number of benzene rings is 1. The lowest BCUT2D eigenvalue weighted by Gasteiger charge is -2.38. The van der Waals surface area contributed by atoms with Gasteiger partial charge in [0.05, 0.1) is 16.6 Å². The summed E-state index contributed by atoms with van der Waals surface area (Å²) >= 11 is 1.63. The van der Waals surface area contributed by atoms with Crippen LogP contribution in [-0.4, -0.2) is 46.9 Å². The molecule has 122 valence electrons. The van der Waals surface area contributed by atoms with Gasteiger partial charge in [0.2, 0.25) is 5.91 Å². The first-order valence-electron chi connectivity index (χ1n) is 8.01. The molecule has 5 heteroatoms. The molecule has 3 rings (SSSR count). The van der Waals surface area contributed by atoms with Crippen molar-refractivity contribution < 1.29 is 4.79 Å². The van der Waals surface area contributed by atoms with Crippen LogP contribution in [0.1, 0.15) is 25.1 Å². The van der Waals surface area contributed by atoms with Crippen molar-refractivity contribution in [2.24, 2.45) is 0 Å². The van der Waals surface area contributed by atoms with Crippen LogP contribution in [0.5, 0.6) is 0 Å². The summed E-state index contributed by atoms with van der Waals surface area (Å²) in [7, 11) is 0. The van der Waals surface area contributed by atoms with Crippen LogP contribution < -0.4 is 0 Å². The fraction of sp³-hybridized carbons (Fsp3) is 0.444. The Balaban J connectivity index is 1.59. The van der Waals surface area contributed by atoms with Gasteiger partial charge in [0.25, 0.3) is 0 Å². The normalized spacial score (nSPS) is 16.5. The van der Waals surface area contributed by atoms with E-state index in [-0.39, 0.29) is 5.91 Å². The lowest BCUT2D eigenvalue weighted by molar-refractivity contribution is -0.138. The maximum atomic E-state index is 12.9. The topological polar surface area (TPSA) is 36.4 Å². The Morgan fingerprint density at radius 1 is 1.17 bits per heavy atom. The molecule has 1 aliphatic heterocycles. The number of piperazine rings is 1. The van der Waals surface area contributed by atoms with Crippen molar-refractivity contribution in [3.63, 3.8) is 0 Å². The molecule has 2 aromatic rings. The van der Waals surface area contributed by atoms with Crippen LogP contribution in [0, 0.1) is 0 Å². The van der Waals surface area contributed by atoms with Crippen LogP contribution in [0.2, 0.25) is 0 Å². The number of amides is 1. The van der Waals surface area contributed by atoms with Gasteiger partial charge < -0.3 is 4.90 Å². The summed E-state index contributed by atoms with van der Waals surface area (Å²) in [5, 5.41) is 2.09. The minimum absolute atomic E-state index is 0.219. The maximum Gasteiger partial charge on any atom is 0.232 e. The summed E-state index contributed by atoms with van der Waals surface area (Å²) in [6.07, 6.45) is 0. The van der Waals surface area contributed by atoms with Crippen LogP contribution in [-0.2, 0) is 16.8 Å². The first-order valence-corrected chi connectivity index (χ1v) is 8.96. The van der Waals surface area contributed by atoms with Gasteiger partial charge in [-0.3, -0.25) is 9.69 Å². The van der Waals surface area contributed by atoms with Gasteiger partial charge in [-0.05, 0) is 19.4 Å². The Hall–Kier alpha value is -1.72. The highest BCUT2D eigenvalue weighted by Crippen LogP contribution is 2.26. The average Bonchev–Trinajstić information content (AvgIpc) is 3.09. The monoisotopic (exact) mass is 329 g/mol. The van der Waals surface area contributed by atoms with Crippen molar-refractivity contribution in [1.82, 2.24) is 14.8 Å². The van der Waals surface area contributed by atoms with Crippen molar-refractivity contribution in [1.29, 1.82) is 0 Å². The van der Waals surface area contributed by atoms with E-state index in [2.05, 4.69) is 15.3 Å². The van der Waals surface area contributed by atoms with Gasteiger partial charge in [0.15, 0.2) is 0 Å². The number of thiazole rings is 1. The Morgan fingerprint density at radius 3 is 2.48 bits per heavy atom. The lowest BCUT2D eigenvalue weighted by atomic mass is 9.83. The maximum absolute atomic E-state index is 12.9. The first-order chi connectivity index (χ1) is 11.1. The van der Waals surface area contributed by atoms with E-state index in [1.165, 1.54) is 0 Å².